The highest BCUT2D eigenvalue weighted by atomic mass is 127. The summed E-state index contributed by atoms with van der Waals surface area (Å²) in [6.07, 6.45) is 0.801. The molecule has 6 nitrogen and oxygen atoms in total. The van der Waals surface area contributed by atoms with Gasteiger partial charge in [-0.1, -0.05) is 29.8 Å². The molecule has 7 heteroatoms. The van der Waals surface area contributed by atoms with Crippen LogP contribution in [-0.2, 0) is 6.42 Å². The quantitative estimate of drug-likeness (QED) is 0.315. The van der Waals surface area contributed by atoms with Crippen molar-refractivity contribution in [3.8, 4) is 5.75 Å². The second-order valence-electron chi connectivity index (χ2n) is 7.27. The van der Waals surface area contributed by atoms with Crippen LogP contribution >= 0.6 is 24.0 Å². The largest absolute Gasteiger partial charge is 0.489 e. The average Bonchev–Trinajstić information content (AvgIpc) is 2.71. The molecule has 2 N–H and O–H groups in total. The van der Waals surface area contributed by atoms with Crippen molar-refractivity contribution >= 4 is 35.8 Å². The zero-order valence-corrected chi connectivity index (χ0v) is 20.8. The highest BCUT2D eigenvalue weighted by Crippen LogP contribution is 2.13. The number of aryl methyl sites for hydroxylation is 1. The van der Waals surface area contributed by atoms with Crippen molar-refractivity contribution < 1.29 is 9.53 Å². The molecule has 2 aromatic rings. The Kier molecular flexibility index (Phi) is 11.2. The standard InChI is InChI=1S/C23H32N4O2.HI/c1-17-9-11-21(12-10-17)29-18(2)16-26-23(24-3)25-14-13-19-7-6-8-20(15-19)22(28)27(4)5;/h6-12,15,18H,13-14,16H2,1-5H3,(H2,24,25,26);1H. The molecule has 0 radical (unpaired) electrons. The first-order chi connectivity index (χ1) is 13.9. The van der Waals surface area contributed by atoms with Crippen molar-refractivity contribution in [2.45, 2.75) is 26.4 Å². The predicted octanol–water partition coefficient (Wildman–Crippen LogP) is 3.49. The summed E-state index contributed by atoms with van der Waals surface area (Å²) in [4.78, 5) is 17.9. The lowest BCUT2D eigenvalue weighted by Crippen LogP contribution is -2.42. The van der Waals surface area contributed by atoms with Gasteiger partial charge in [0.15, 0.2) is 5.96 Å². The lowest BCUT2D eigenvalue weighted by atomic mass is 10.1. The van der Waals surface area contributed by atoms with E-state index in [0.29, 0.717) is 18.7 Å². The third-order valence-electron chi connectivity index (χ3n) is 4.43. The molecule has 0 saturated carbocycles. The smallest absolute Gasteiger partial charge is 0.253 e. The van der Waals surface area contributed by atoms with Crippen LogP contribution in [0.5, 0.6) is 5.75 Å². The summed E-state index contributed by atoms with van der Waals surface area (Å²) in [6, 6.07) is 15.8. The number of ether oxygens (including phenoxy) is 1. The van der Waals surface area contributed by atoms with Gasteiger partial charge in [0.1, 0.15) is 11.9 Å². The van der Waals surface area contributed by atoms with Gasteiger partial charge in [-0.2, -0.15) is 0 Å². The first-order valence-corrected chi connectivity index (χ1v) is 9.87. The van der Waals surface area contributed by atoms with E-state index in [9.17, 15) is 4.79 Å². The van der Waals surface area contributed by atoms with Gasteiger partial charge in [-0.05, 0) is 50.1 Å². The first-order valence-electron chi connectivity index (χ1n) is 9.87. The molecule has 30 heavy (non-hydrogen) atoms. The van der Waals surface area contributed by atoms with Crippen molar-refractivity contribution in [1.82, 2.24) is 15.5 Å². The molecule has 0 fully saturated rings. The molecule has 0 saturated heterocycles. The Morgan fingerprint density at radius 1 is 1.13 bits per heavy atom. The highest BCUT2D eigenvalue weighted by Gasteiger charge is 2.09. The van der Waals surface area contributed by atoms with Gasteiger partial charge in [-0.15, -0.1) is 24.0 Å². The molecule has 0 spiro atoms. The van der Waals surface area contributed by atoms with Crippen molar-refractivity contribution in [2.75, 3.05) is 34.2 Å². The van der Waals surface area contributed by atoms with Crippen molar-refractivity contribution in [2.24, 2.45) is 4.99 Å². The van der Waals surface area contributed by atoms with Gasteiger partial charge in [-0.25, -0.2) is 0 Å². The number of halogens is 1. The molecule has 0 heterocycles. The zero-order chi connectivity index (χ0) is 21.2. The van der Waals surface area contributed by atoms with Crippen molar-refractivity contribution in [1.29, 1.82) is 0 Å². The molecular formula is C23H33IN4O2. The number of nitrogens with zero attached hydrogens (tertiary/aromatic N) is 2. The van der Waals surface area contributed by atoms with Crippen LogP contribution < -0.4 is 15.4 Å². The second kappa shape index (κ2) is 13.1. The maximum Gasteiger partial charge on any atom is 0.253 e. The Hall–Kier alpha value is -2.29. The average molecular weight is 524 g/mol. The fourth-order valence-electron chi connectivity index (χ4n) is 2.80. The van der Waals surface area contributed by atoms with Crippen LogP contribution in [0.1, 0.15) is 28.4 Å². The second-order valence-corrected chi connectivity index (χ2v) is 7.27. The number of carbonyl (C=O) groups is 1. The fourth-order valence-corrected chi connectivity index (χ4v) is 2.80. The molecular weight excluding hydrogens is 491 g/mol. The maximum absolute atomic E-state index is 12.1. The lowest BCUT2D eigenvalue weighted by Gasteiger charge is -2.18. The zero-order valence-electron chi connectivity index (χ0n) is 18.4. The predicted molar refractivity (Wildman–Crippen MR) is 134 cm³/mol. The Labute approximate surface area is 197 Å². The number of hydrogen-bond donors (Lipinski definition) is 2. The summed E-state index contributed by atoms with van der Waals surface area (Å²) in [5.74, 6) is 1.60. The van der Waals surface area contributed by atoms with Gasteiger partial charge in [0.2, 0.25) is 0 Å². The monoisotopic (exact) mass is 524 g/mol. The van der Waals surface area contributed by atoms with Crippen LogP contribution in [0.15, 0.2) is 53.5 Å². The maximum atomic E-state index is 12.1. The van der Waals surface area contributed by atoms with Gasteiger partial charge < -0.3 is 20.3 Å². The number of guanidine groups is 1. The summed E-state index contributed by atoms with van der Waals surface area (Å²) < 4.78 is 5.91. The van der Waals surface area contributed by atoms with Gasteiger partial charge in [-0.3, -0.25) is 9.79 Å². The van der Waals surface area contributed by atoms with E-state index in [1.807, 2.05) is 55.5 Å². The van der Waals surface area contributed by atoms with E-state index in [1.54, 1.807) is 26.0 Å². The Bertz CT molecular complexity index is 822. The van der Waals surface area contributed by atoms with Crippen LogP contribution in [0.4, 0.5) is 0 Å². The number of rotatable bonds is 8. The lowest BCUT2D eigenvalue weighted by molar-refractivity contribution is 0.0827. The molecule has 164 valence electrons. The van der Waals surface area contributed by atoms with Crippen LogP contribution in [0.3, 0.4) is 0 Å². The van der Waals surface area contributed by atoms with Crippen LogP contribution in [0.2, 0.25) is 0 Å². The molecule has 2 aromatic carbocycles. The minimum Gasteiger partial charge on any atom is -0.489 e. The Morgan fingerprint density at radius 2 is 1.83 bits per heavy atom. The third kappa shape index (κ3) is 8.61. The molecule has 0 aliphatic rings. The molecule has 1 amide bonds. The van der Waals surface area contributed by atoms with Crippen LogP contribution in [0.25, 0.3) is 0 Å². The molecule has 1 atom stereocenters. The van der Waals surface area contributed by atoms with Gasteiger partial charge in [0.05, 0.1) is 6.54 Å². The normalized spacial score (nSPS) is 11.8. The number of nitrogens with one attached hydrogen (secondary N) is 2. The van der Waals surface area contributed by atoms with E-state index in [1.165, 1.54) is 5.56 Å². The first kappa shape index (κ1) is 25.7. The molecule has 0 bridgehead atoms. The molecule has 0 aromatic heterocycles. The minimum absolute atomic E-state index is 0. The Balaban J connectivity index is 0.00000450. The highest BCUT2D eigenvalue weighted by molar-refractivity contribution is 14.0. The van der Waals surface area contributed by atoms with E-state index in [0.717, 1.165) is 23.7 Å². The van der Waals surface area contributed by atoms with Crippen molar-refractivity contribution in [3.05, 3.63) is 65.2 Å². The summed E-state index contributed by atoms with van der Waals surface area (Å²) >= 11 is 0. The topological polar surface area (TPSA) is 66.0 Å². The van der Waals surface area contributed by atoms with Gasteiger partial charge in [0, 0.05) is 33.3 Å². The number of carbonyl (C=O) groups excluding carboxylic acids is 1. The fraction of sp³-hybridized carbons (Fsp3) is 0.391. The molecule has 0 aliphatic carbocycles. The summed E-state index contributed by atoms with van der Waals surface area (Å²) in [5.41, 5.74) is 3.03. The van der Waals surface area contributed by atoms with E-state index in [-0.39, 0.29) is 36.0 Å². The van der Waals surface area contributed by atoms with Crippen LogP contribution in [-0.4, -0.2) is 57.1 Å². The summed E-state index contributed by atoms with van der Waals surface area (Å²) in [5, 5.41) is 6.59. The number of aliphatic imine (C=N–C) groups is 1. The number of benzene rings is 2. The van der Waals surface area contributed by atoms with Gasteiger partial charge >= 0.3 is 0 Å². The Morgan fingerprint density at radius 3 is 2.47 bits per heavy atom. The summed E-state index contributed by atoms with van der Waals surface area (Å²) in [7, 11) is 5.27. The number of hydrogen-bond acceptors (Lipinski definition) is 3. The number of amides is 1. The van der Waals surface area contributed by atoms with E-state index in [4.69, 9.17) is 4.74 Å². The van der Waals surface area contributed by atoms with E-state index < -0.39 is 0 Å². The van der Waals surface area contributed by atoms with Crippen LogP contribution in [0, 0.1) is 6.92 Å². The summed E-state index contributed by atoms with van der Waals surface area (Å²) in [6.45, 7) is 5.43. The SMILES string of the molecule is CN=C(NCCc1cccc(C(=O)N(C)C)c1)NCC(C)Oc1ccc(C)cc1.I. The third-order valence-corrected chi connectivity index (χ3v) is 4.43. The van der Waals surface area contributed by atoms with E-state index in [2.05, 4.69) is 22.5 Å². The van der Waals surface area contributed by atoms with E-state index >= 15 is 0 Å². The van der Waals surface area contributed by atoms with Gasteiger partial charge in [0.25, 0.3) is 5.91 Å². The minimum atomic E-state index is 0. The molecule has 1 unspecified atom stereocenters. The molecule has 2 rings (SSSR count). The van der Waals surface area contributed by atoms with Crippen molar-refractivity contribution in [3.63, 3.8) is 0 Å². The molecule has 0 aliphatic heterocycles.